The van der Waals surface area contributed by atoms with Gasteiger partial charge in [0.2, 0.25) is 0 Å². The molecular formula is C25H17Cl2F6NO2S. The number of benzene rings is 3. The highest BCUT2D eigenvalue weighted by Crippen LogP contribution is 2.50. The SMILES string of the molecule is O=C(CCC(F)(F)F)CSc1ccc(C2=NOC(c3cc(Cl)cc(Cl)c3)(C(F)(F)F)C2)c2ccccc12. The molecule has 3 aromatic carbocycles. The molecule has 0 fully saturated rings. The van der Waals surface area contributed by atoms with Crippen molar-refractivity contribution in [3.05, 3.63) is 75.8 Å². The summed E-state index contributed by atoms with van der Waals surface area (Å²) in [5, 5.41) is 5.01. The van der Waals surface area contributed by atoms with Gasteiger partial charge in [0.05, 0.1) is 17.9 Å². The number of ketones is 1. The molecule has 0 radical (unpaired) electrons. The Balaban J connectivity index is 1.63. The molecule has 4 rings (SSSR count). The molecule has 12 heteroatoms. The molecule has 1 aliphatic rings. The highest BCUT2D eigenvalue weighted by Gasteiger charge is 2.62. The van der Waals surface area contributed by atoms with E-state index >= 15 is 0 Å². The van der Waals surface area contributed by atoms with Crippen molar-refractivity contribution in [2.75, 3.05) is 5.75 Å². The van der Waals surface area contributed by atoms with Crippen LogP contribution in [0.15, 0.2) is 64.6 Å². The summed E-state index contributed by atoms with van der Waals surface area (Å²) >= 11 is 13.0. The fraction of sp³-hybridized carbons (Fsp3) is 0.280. The van der Waals surface area contributed by atoms with E-state index in [1.54, 1.807) is 36.4 Å². The van der Waals surface area contributed by atoms with Crippen LogP contribution in [0.5, 0.6) is 0 Å². The Hall–Kier alpha value is -2.43. The van der Waals surface area contributed by atoms with Crippen molar-refractivity contribution >= 4 is 57.2 Å². The maximum Gasteiger partial charge on any atom is 0.435 e. The average Bonchev–Trinajstić information content (AvgIpc) is 3.27. The summed E-state index contributed by atoms with van der Waals surface area (Å²) in [6.07, 6.45) is -11.7. The van der Waals surface area contributed by atoms with Crippen molar-refractivity contribution in [3.63, 3.8) is 0 Å². The molecule has 0 N–H and O–H groups in total. The molecule has 0 saturated heterocycles. The molecule has 0 aliphatic carbocycles. The summed E-state index contributed by atoms with van der Waals surface area (Å²) < 4.78 is 80.2. The highest BCUT2D eigenvalue weighted by molar-refractivity contribution is 8.00. The van der Waals surface area contributed by atoms with Crippen molar-refractivity contribution in [3.8, 4) is 0 Å². The molecule has 0 spiro atoms. The number of hydrogen-bond acceptors (Lipinski definition) is 4. The number of nitrogens with zero attached hydrogens (tertiary/aromatic N) is 1. The lowest BCUT2D eigenvalue weighted by atomic mass is 9.85. The quantitative estimate of drug-likeness (QED) is 0.207. The molecule has 196 valence electrons. The summed E-state index contributed by atoms with van der Waals surface area (Å²) in [4.78, 5) is 17.6. The van der Waals surface area contributed by atoms with Crippen LogP contribution in [0, 0.1) is 0 Å². The van der Waals surface area contributed by atoms with Gasteiger partial charge in [-0.3, -0.25) is 4.79 Å². The molecule has 3 nitrogen and oxygen atoms in total. The minimum atomic E-state index is -4.85. The third kappa shape index (κ3) is 6.02. The predicted molar refractivity (Wildman–Crippen MR) is 131 cm³/mol. The van der Waals surface area contributed by atoms with Gasteiger partial charge in [-0.15, -0.1) is 11.8 Å². The third-order valence-corrected chi connectivity index (χ3v) is 7.36. The first-order chi connectivity index (χ1) is 17.3. The zero-order valence-electron chi connectivity index (χ0n) is 18.7. The first-order valence-electron chi connectivity index (χ1n) is 10.8. The van der Waals surface area contributed by atoms with E-state index in [-0.39, 0.29) is 27.1 Å². The lowest BCUT2D eigenvalue weighted by Gasteiger charge is -2.29. The molecule has 1 aliphatic heterocycles. The maximum atomic E-state index is 14.4. The Morgan fingerprint density at radius 3 is 2.24 bits per heavy atom. The number of hydrogen-bond donors (Lipinski definition) is 0. The van der Waals surface area contributed by atoms with Gasteiger partial charge in [0.1, 0.15) is 5.78 Å². The molecule has 1 atom stereocenters. The monoisotopic (exact) mass is 579 g/mol. The molecule has 3 aromatic rings. The van der Waals surface area contributed by atoms with Crippen LogP contribution in [-0.4, -0.2) is 29.6 Å². The van der Waals surface area contributed by atoms with Crippen LogP contribution >= 0.6 is 35.0 Å². The normalized spacial score (nSPS) is 18.1. The predicted octanol–water partition coefficient (Wildman–Crippen LogP) is 8.73. The molecular weight excluding hydrogens is 563 g/mol. The molecule has 0 saturated carbocycles. The van der Waals surface area contributed by atoms with Crippen molar-refractivity contribution < 1.29 is 36.0 Å². The van der Waals surface area contributed by atoms with Gasteiger partial charge in [-0.05, 0) is 35.0 Å². The van der Waals surface area contributed by atoms with Crippen LogP contribution in [0.3, 0.4) is 0 Å². The number of fused-ring (bicyclic) bond motifs is 1. The van der Waals surface area contributed by atoms with Gasteiger partial charge in [-0.2, -0.15) is 26.3 Å². The maximum absolute atomic E-state index is 14.4. The first-order valence-corrected chi connectivity index (χ1v) is 12.5. The van der Waals surface area contributed by atoms with Crippen molar-refractivity contribution in [1.29, 1.82) is 0 Å². The largest absolute Gasteiger partial charge is 0.435 e. The average molecular weight is 580 g/mol. The fourth-order valence-electron chi connectivity index (χ4n) is 4.00. The lowest BCUT2D eigenvalue weighted by Crippen LogP contribution is -2.42. The molecule has 37 heavy (non-hydrogen) atoms. The summed E-state index contributed by atoms with van der Waals surface area (Å²) in [6.45, 7) is 0. The van der Waals surface area contributed by atoms with E-state index in [9.17, 15) is 31.1 Å². The van der Waals surface area contributed by atoms with E-state index < -0.39 is 43.0 Å². The van der Waals surface area contributed by atoms with E-state index in [4.69, 9.17) is 28.0 Å². The van der Waals surface area contributed by atoms with Crippen LogP contribution in [-0.2, 0) is 15.2 Å². The third-order valence-electron chi connectivity index (χ3n) is 5.79. The van der Waals surface area contributed by atoms with Crippen molar-refractivity contribution in [2.24, 2.45) is 5.16 Å². The van der Waals surface area contributed by atoms with E-state index in [0.29, 0.717) is 21.2 Å². The van der Waals surface area contributed by atoms with E-state index in [2.05, 4.69) is 5.16 Å². The number of Topliss-reactive ketones (excluding diaryl/α,β-unsaturated/α-hetero) is 1. The standard InChI is InChI=1S/C25H17Cl2F6NO2S/c26-15-9-14(10-16(27)11-15)23(25(31,32)33)12-21(34-36-23)19-5-6-22(20-4-2-1-3-18(19)20)37-13-17(35)7-8-24(28,29)30/h1-6,9-11H,7-8,12-13H2. The summed E-state index contributed by atoms with van der Waals surface area (Å²) in [6, 6.07) is 13.5. The van der Waals surface area contributed by atoms with Crippen LogP contribution in [0.4, 0.5) is 26.3 Å². The number of halogens is 8. The van der Waals surface area contributed by atoms with E-state index in [0.717, 1.165) is 23.9 Å². The molecule has 0 bridgehead atoms. The zero-order chi connectivity index (χ0) is 27.0. The second kappa shape index (κ2) is 10.4. The van der Waals surface area contributed by atoms with Crippen molar-refractivity contribution in [2.45, 2.75) is 42.1 Å². The number of oxime groups is 1. The zero-order valence-corrected chi connectivity index (χ0v) is 21.0. The number of alkyl halides is 6. The van der Waals surface area contributed by atoms with Crippen LogP contribution < -0.4 is 0 Å². The molecule has 0 amide bonds. The summed E-state index contributed by atoms with van der Waals surface area (Å²) in [5.74, 6) is -0.727. The topological polar surface area (TPSA) is 38.7 Å². The first kappa shape index (κ1) is 27.6. The number of thioether (sulfide) groups is 1. The van der Waals surface area contributed by atoms with Gasteiger partial charge in [0.15, 0.2) is 0 Å². The van der Waals surface area contributed by atoms with Gasteiger partial charge in [-0.25, -0.2) is 0 Å². The minimum Gasteiger partial charge on any atom is -0.374 e. The summed E-state index contributed by atoms with van der Waals surface area (Å²) in [7, 11) is 0. The Kier molecular flexibility index (Phi) is 7.74. The molecule has 1 heterocycles. The minimum absolute atomic E-state index is 0.0137. The van der Waals surface area contributed by atoms with Crippen molar-refractivity contribution in [1.82, 2.24) is 0 Å². The Labute approximate surface area is 221 Å². The molecule has 0 aromatic heterocycles. The second-order valence-corrected chi connectivity index (χ2v) is 10.3. The van der Waals surface area contributed by atoms with Crippen LogP contribution in [0.1, 0.15) is 30.4 Å². The van der Waals surface area contributed by atoms with Crippen LogP contribution in [0.25, 0.3) is 10.8 Å². The fourth-order valence-corrected chi connectivity index (χ4v) is 5.48. The van der Waals surface area contributed by atoms with Gasteiger partial charge < -0.3 is 4.84 Å². The van der Waals surface area contributed by atoms with Gasteiger partial charge in [0.25, 0.3) is 5.60 Å². The van der Waals surface area contributed by atoms with Gasteiger partial charge in [0, 0.05) is 38.9 Å². The highest BCUT2D eigenvalue weighted by atomic mass is 35.5. The Bertz CT molecular complexity index is 1360. The Morgan fingerprint density at radius 1 is 0.973 bits per heavy atom. The Morgan fingerprint density at radius 2 is 1.62 bits per heavy atom. The molecule has 1 unspecified atom stereocenters. The van der Waals surface area contributed by atoms with Crippen LogP contribution in [0.2, 0.25) is 10.0 Å². The summed E-state index contributed by atoms with van der Waals surface area (Å²) in [5.41, 5.74) is -2.65. The van der Waals surface area contributed by atoms with Gasteiger partial charge >= 0.3 is 12.4 Å². The number of carbonyl (C=O) groups excluding carboxylic acids is 1. The second-order valence-electron chi connectivity index (χ2n) is 8.39. The number of carbonyl (C=O) groups is 1. The van der Waals surface area contributed by atoms with Gasteiger partial charge in [-0.1, -0.05) is 58.7 Å². The van der Waals surface area contributed by atoms with E-state index in [1.807, 2.05) is 0 Å². The smallest absolute Gasteiger partial charge is 0.374 e. The number of rotatable bonds is 7. The lowest BCUT2D eigenvalue weighted by molar-refractivity contribution is -0.275. The van der Waals surface area contributed by atoms with E-state index in [1.165, 1.54) is 6.07 Å².